The van der Waals surface area contributed by atoms with Crippen molar-refractivity contribution in [3.63, 3.8) is 0 Å². The molecule has 1 aliphatic rings. The van der Waals surface area contributed by atoms with Crippen LogP contribution in [0.4, 0.5) is 0 Å². The molecular formula is C34H48O6. The van der Waals surface area contributed by atoms with Gasteiger partial charge in [-0.25, -0.2) is 4.79 Å². The highest BCUT2D eigenvalue weighted by molar-refractivity contribution is 5.81. The summed E-state index contributed by atoms with van der Waals surface area (Å²) in [7, 11) is 0. The second kappa shape index (κ2) is 19.3. The Kier molecular flexibility index (Phi) is 15.3. The Morgan fingerprint density at radius 1 is 0.700 bits per heavy atom. The third-order valence-corrected chi connectivity index (χ3v) is 7.17. The van der Waals surface area contributed by atoms with Gasteiger partial charge in [-0.3, -0.25) is 0 Å². The first-order valence-electron chi connectivity index (χ1n) is 15.1. The maximum absolute atomic E-state index is 11.0. The molecule has 6 heteroatoms. The Morgan fingerprint density at radius 2 is 1.15 bits per heavy atom. The molecule has 1 saturated carbocycles. The van der Waals surface area contributed by atoms with Crippen LogP contribution in [-0.2, 0) is 32.2 Å². The number of benzene rings is 2. The molecule has 0 aromatic heterocycles. The summed E-state index contributed by atoms with van der Waals surface area (Å²) in [4.78, 5) is 11.0. The minimum absolute atomic E-state index is 0.292. The van der Waals surface area contributed by atoms with Crippen molar-refractivity contribution in [2.75, 3.05) is 19.8 Å². The Morgan fingerprint density at radius 3 is 1.60 bits per heavy atom. The van der Waals surface area contributed by atoms with E-state index in [-0.39, 0.29) is 5.97 Å². The first kappa shape index (κ1) is 31.7. The number of ether oxygens (including phenoxy) is 5. The summed E-state index contributed by atoms with van der Waals surface area (Å²) in [6.07, 6.45) is 13.4. The number of esters is 1. The van der Waals surface area contributed by atoms with Crippen molar-refractivity contribution in [1.82, 2.24) is 0 Å². The van der Waals surface area contributed by atoms with Gasteiger partial charge in [0.25, 0.3) is 0 Å². The molecule has 0 amide bonds. The van der Waals surface area contributed by atoms with E-state index in [1.165, 1.54) is 24.5 Å². The molecule has 1 fully saturated rings. The Balaban J connectivity index is 1.21. The number of hydrogen-bond donors (Lipinski definition) is 0. The number of carbonyl (C=O) groups excluding carboxylic acids is 1. The van der Waals surface area contributed by atoms with Crippen LogP contribution in [0.15, 0.2) is 61.2 Å². The van der Waals surface area contributed by atoms with Crippen LogP contribution in [0.3, 0.4) is 0 Å². The molecule has 2 aromatic rings. The highest BCUT2D eigenvalue weighted by Gasteiger charge is 2.22. The second-order valence-corrected chi connectivity index (χ2v) is 10.5. The maximum Gasteiger partial charge on any atom is 0.330 e. The standard InChI is InChI=1S/C34H48O6/c1-3-5-8-23-36-30-15-11-28(12-16-30)26-39-32-19-21-33(22-20-32)40-27-29-13-17-31(18-14-29)37-24-9-6-7-10-25-38-34(35)4-2/h4,11-18,32-33H,2-3,5-10,19-27H2,1H3. The summed E-state index contributed by atoms with van der Waals surface area (Å²) in [5.41, 5.74) is 2.35. The number of hydrogen-bond acceptors (Lipinski definition) is 6. The summed E-state index contributed by atoms with van der Waals surface area (Å²) in [5, 5.41) is 0. The van der Waals surface area contributed by atoms with Crippen LogP contribution in [0.5, 0.6) is 11.5 Å². The van der Waals surface area contributed by atoms with Gasteiger partial charge in [0.05, 0.1) is 45.2 Å². The van der Waals surface area contributed by atoms with Crippen molar-refractivity contribution in [2.45, 2.75) is 103 Å². The smallest absolute Gasteiger partial charge is 0.330 e. The summed E-state index contributed by atoms with van der Waals surface area (Å²) < 4.78 is 29.0. The lowest BCUT2D eigenvalue weighted by atomic mass is 9.95. The molecule has 0 atom stereocenters. The predicted octanol–water partition coefficient (Wildman–Crippen LogP) is 7.97. The molecular weight excluding hydrogens is 504 g/mol. The molecule has 0 bridgehead atoms. The van der Waals surface area contributed by atoms with Crippen LogP contribution in [0.2, 0.25) is 0 Å². The van der Waals surface area contributed by atoms with Crippen LogP contribution < -0.4 is 9.47 Å². The van der Waals surface area contributed by atoms with Crippen molar-refractivity contribution in [3.05, 3.63) is 72.3 Å². The highest BCUT2D eigenvalue weighted by Crippen LogP contribution is 2.26. The summed E-state index contributed by atoms with van der Waals surface area (Å²) >= 11 is 0. The monoisotopic (exact) mass is 552 g/mol. The topological polar surface area (TPSA) is 63.2 Å². The van der Waals surface area contributed by atoms with Crippen molar-refractivity contribution >= 4 is 5.97 Å². The van der Waals surface area contributed by atoms with E-state index in [9.17, 15) is 4.79 Å². The summed E-state index contributed by atoms with van der Waals surface area (Å²) in [6, 6.07) is 16.5. The van der Waals surface area contributed by atoms with E-state index in [2.05, 4.69) is 37.8 Å². The van der Waals surface area contributed by atoms with Crippen LogP contribution >= 0.6 is 0 Å². The van der Waals surface area contributed by atoms with Gasteiger partial charge in [0.2, 0.25) is 0 Å². The van der Waals surface area contributed by atoms with Crippen molar-refractivity contribution in [1.29, 1.82) is 0 Å². The Hall–Kier alpha value is -2.83. The normalized spacial score (nSPS) is 16.8. The van der Waals surface area contributed by atoms with Crippen molar-refractivity contribution < 1.29 is 28.5 Å². The lowest BCUT2D eigenvalue weighted by Crippen LogP contribution is -2.26. The number of carbonyl (C=O) groups is 1. The molecule has 2 aromatic carbocycles. The first-order valence-corrected chi connectivity index (χ1v) is 15.1. The lowest BCUT2D eigenvalue weighted by Gasteiger charge is -2.28. The fourth-order valence-corrected chi connectivity index (χ4v) is 4.68. The van der Waals surface area contributed by atoms with Crippen molar-refractivity contribution in [3.8, 4) is 11.5 Å². The van der Waals surface area contributed by atoms with Gasteiger partial charge in [0.1, 0.15) is 11.5 Å². The van der Waals surface area contributed by atoms with Gasteiger partial charge in [-0.15, -0.1) is 0 Å². The maximum atomic E-state index is 11.0. The molecule has 220 valence electrons. The predicted molar refractivity (Wildman–Crippen MR) is 159 cm³/mol. The minimum atomic E-state index is -0.355. The Labute approximate surface area is 241 Å². The van der Waals surface area contributed by atoms with Gasteiger partial charge < -0.3 is 23.7 Å². The molecule has 40 heavy (non-hydrogen) atoms. The van der Waals surface area contributed by atoms with E-state index in [1.807, 2.05) is 24.3 Å². The third-order valence-electron chi connectivity index (χ3n) is 7.17. The van der Waals surface area contributed by atoms with Crippen molar-refractivity contribution in [2.24, 2.45) is 0 Å². The van der Waals surface area contributed by atoms with Gasteiger partial charge in [-0.2, -0.15) is 0 Å². The average molecular weight is 553 g/mol. The summed E-state index contributed by atoms with van der Waals surface area (Å²) in [6.45, 7) is 8.79. The minimum Gasteiger partial charge on any atom is -0.494 e. The molecule has 1 aliphatic carbocycles. The van der Waals surface area contributed by atoms with Gasteiger partial charge in [-0.05, 0) is 93.2 Å². The second-order valence-electron chi connectivity index (χ2n) is 10.5. The first-order chi connectivity index (χ1) is 19.7. The molecule has 0 spiro atoms. The van der Waals surface area contributed by atoms with Crippen LogP contribution in [0.25, 0.3) is 0 Å². The zero-order chi connectivity index (χ0) is 28.3. The average Bonchev–Trinajstić information content (AvgIpc) is 3.00. The molecule has 0 aliphatic heterocycles. The molecule has 0 unspecified atom stereocenters. The molecule has 3 rings (SSSR count). The van der Waals surface area contributed by atoms with Crippen LogP contribution in [0.1, 0.15) is 88.7 Å². The molecule has 0 heterocycles. The molecule has 6 nitrogen and oxygen atoms in total. The van der Waals surface area contributed by atoms with Gasteiger partial charge in [0, 0.05) is 6.08 Å². The lowest BCUT2D eigenvalue weighted by molar-refractivity contribution is -0.137. The fourth-order valence-electron chi connectivity index (χ4n) is 4.68. The number of unbranched alkanes of at least 4 members (excludes halogenated alkanes) is 5. The van der Waals surface area contributed by atoms with Gasteiger partial charge in [-0.1, -0.05) is 50.6 Å². The SMILES string of the molecule is C=CC(=O)OCCCCCCOc1ccc(COC2CCC(OCc3ccc(OCCCCC)cc3)CC2)cc1. The van der Waals surface area contributed by atoms with E-state index < -0.39 is 0 Å². The molecule has 0 saturated heterocycles. The zero-order valence-corrected chi connectivity index (χ0v) is 24.3. The third kappa shape index (κ3) is 13.0. The van der Waals surface area contributed by atoms with Gasteiger partial charge in [0.15, 0.2) is 0 Å². The molecule has 0 N–H and O–H groups in total. The fraction of sp³-hybridized carbons (Fsp3) is 0.559. The van der Waals surface area contributed by atoms with E-state index in [0.29, 0.717) is 38.6 Å². The van der Waals surface area contributed by atoms with E-state index in [4.69, 9.17) is 23.7 Å². The zero-order valence-electron chi connectivity index (χ0n) is 24.3. The highest BCUT2D eigenvalue weighted by atomic mass is 16.5. The van der Waals surface area contributed by atoms with Crippen LogP contribution in [-0.4, -0.2) is 38.0 Å². The van der Waals surface area contributed by atoms with Gasteiger partial charge >= 0.3 is 5.97 Å². The molecule has 0 radical (unpaired) electrons. The van der Waals surface area contributed by atoms with E-state index >= 15 is 0 Å². The van der Waals surface area contributed by atoms with E-state index in [1.54, 1.807) is 0 Å². The quantitative estimate of drug-likeness (QED) is 0.0943. The van der Waals surface area contributed by atoms with E-state index in [0.717, 1.165) is 81.5 Å². The Bertz CT molecular complexity index is 947. The summed E-state index contributed by atoms with van der Waals surface area (Å²) in [5.74, 6) is 1.47. The largest absolute Gasteiger partial charge is 0.494 e. The number of rotatable bonds is 20. The van der Waals surface area contributed by atoms with Crippen LogP contribution in [0, 0.1) is 0 Å².